The fraction of sp³-hybridized carbons (Fsp3) is 0.889. The second-order valence-electron chi connectivity index (χ2n) is 9.52. The fourth-order valence-electron chi connectivity index (χ4n) is 6.81. The summed E-state index contributed by atoms with van der Waals surface area (Å²) in [6.45, 7) is 15.7. The number of allylic oxidation sites excluding steroid dienone is 1. The largest absolute Gasteiger partial charge is 0.414 e. The zero-order chi connectivity index (χ0) is 15.4. The third kappa shape index (κ3) is 1.51. The van der Waals surface area contributed by atoms with E-state index >= 15 is 0 Å². The van der Waals surface area contributed by atoms with Gasteiger partial charge in [-0.3, -0.25) is 0 Å². The minimum Gasteiger partial charge on any atom is -0.414 e. The second kappa shape index (κ2) is 3.85. The lowest BCUT2D eigenvalue weighted by Gasteiger charge is -2.63. The molecule has 4 aliphatic rings. The van der Waals surface area contributed by atoms with E-state index in [0.29, 0.717) is 35.7 Å². The molecule has 3 heteroatoms. The molecule has 0 radical (unpaired) electrons. The van der Waals surface area contributed by atoms with Crippen molar-refractivity contribution in [1.82, 2.24) is 0 Å². The molecule has 21 heavy (non-hydrogen) atoms. The molecule has 2 nitrogen and oxygen atoms in total. The van der Waals surface area contributed by atoms with Crippen molar-refractivity contribution in [2.45, 2.75) is 64.5 Å². The molecule has 0 aromatic rings. The number of hydrogen-bond donors (Lipinski definition) is 1. The van der Waals surface area contributed by atoms with Gasteiger partial charge in [-0.1, -0.05) is 19.1 Å². The molecule has 4 aliphatic carbocycles. The molecule has 4 saturated carbocycles. The molecule has 0 aromatic carbocycles. The highest BCUT2D eigenvalue weighted by Crippen LogP contribution is 2.81. The SMILES string of the molecule is C=C(C)C1CC[C@@]2(C)C3C1C1C(C[C@@]12O)[C@H]3O[Si](C)(C)C. The third-order valence-corrected chi connectivity index (χ3v) is 8.43. The second-order valence-corrected chi connectivity index (χ2v) is 14.0. The van der Waals surface area contributed by atoms with Gasteiger partial charge in [0.2, 0.25) is 0 Å². The Bertz CT molecular complexity index is 510. The molecular weight excluding hydrogens is 276 g/mol. The summed E-state index contributed by atoms with van der Waals surface area (Å²) in [5.41, 5.74) is 1.03. The van der Waals surface area contributed by atoms with Gasteiger partial charge < -0.3 is 9.53 Å². The van der Waals surface area contributed by atoms with Gasteiger partial charge in [0, 0.05) is 5.41 Å². The summed E-state index contributed by atoms with van der Waals surface area (Å²) in [5.74, 6) is 2.91. The Morgan fingerprint density at radius 2 is 1.95 bits per heavy atom. The molecular formula is C18H30O2Si. The van der Waals surface area contributed by atoms with Gasteiger partial charge in [0.05, 0.1) is 11.7 Å². The fourth-order valence-corrected chi connectivity index (χ4v) is 7.95. The summed E-state index contributed by atoms with van der Waals surface area (Å²) in [5, 5.41) is 11.3. The number of aliphatic hydroxyl groups is 1. The van der Waals surface area contributed by atoms with E-state index in [1.165, 1.54) is 12.0 Å². The maximum Gasteiger partial charge on any atom is 0.184 e. The first kappa shape index (κ1) is 14.5. The van der Waals surface area contributed by atoms with Gasteiger partial charge >= 0.3 is 0 Å². The molecule has 4 bridgehead atoms. The van der Waals surface area contributed by atoms with Gasteiger partial charge in [-0.15, -0.1) is 0 Å². The first-order valence-electron chi connectivity index (χ1n) is 8.66. The quantitative estimate of drug-likeness (QED) is 0.634. The van der Waals surface area contributed by atoms with Crippen molar-refractivity contribution in [1.29, 1.82) is 0 Å². The monoisotopic (exact) mass is 306 g/mol. The van der Waals surface area contributed by atoms with Crippen LogP contribution in [0.15, 0.2) is 12.2 Å². The van der Waals surface area contributed by atoms with Gasteiger partial charge in [-0.05, 0) is 75.4 Å². The van der Waals surface area contributed by atoms with E-state index in [2.05, 4.69) is 40.1 Å². The number of fused-ring (bicyclic) bond motifs is 1. The van der Waals surface area contributed by atoms with Crippen LogP contribution in [-0.2, 0) is 4.43 Å². The smallest absolute Gasteiger partial charge is 0.184 e. The van der Waals surface area contributed by atoms with Crippen molar-refractivity contribution in [3.05, 3.63) is 12.2 Å². The Hall–Kier alpha value is -0.123. The van der Waals surface area contributed by atoms with E-state index in [-0.39, 0.29) is 5.41 Å². The van der Waals surface area contributed by atoms with Crippen molar-refractivity contribution in [3.8, 4) is 0 Å². The topological polar surface area (TPSA) is 29.5 Å². The zero-order valence-corrected chi connectivity index (χ0v) is 15.1. The lowest BCUT2D eigenvalue weighted by Crippen LogP contribution is -2.68. The van der Waals surface area contributed by atoms with Crippen LogP contribution < -0.4 is 0 Å². The van der Waals surface area contributed by atoms with Gasteiger partial charge in [0.15, 0.2) is 8.32 Å². The van der Waals surface area contributed by atoms with Crippen LogP contribution >= 0.6 is 0 Å². The average Bonchev–Trinajstić information content (AvgIpc) is 2.59. The van der Waals surface area contributed by atoms with Crippen LogP contribution in [0.3, 0.4) is 0 Å². The van der Waals surface area contributed by atoms with Crippen molar-refractivity contribution in [3.63, 3.8) is 0 Å². The molecule has 0 spiro atoms. The molecule has 4 fully saturated rings. The van der Waals surface area contributed by atoms with Crippen LogP contribution in [0.1, 0.15) is 33.1 Å². The summed E-state index contributed by atoms with van der Waals surface area (Å²) in [6.07, 6.45) is 3.77. The van der Waals surface area contributed by atoms with Gasteiger partial charge in [-0.2, -0.15) is 0 Å². The van der Waals surface area contributed by atoms with Crippen molar-refractivity contribution in [2.24, 2.45) is 35.0 Å². The molecule has 0 aliphatic heterocycles. The predicted octanol–water partition coefficient (Wildman–Crippen LogP) is 3.83. The van der Waals surface area contributed by atoms with Crippen molar-refractivity contribution in [2.75, 3.05) is 0 Å². The van der Waals surface area contributed by atoms with E-state index in [9.17, 15) is 5.11 Å². The molecule has 118 valence electrons. The highest BCUT2D eigenvalue weighted by Gasteiger charge is 2.83. The van der Waals surface area contributed by atoms with Crippen molar-refractivity contribution < 1.29 is 9.53 Å². The lowest BCUT2D eigenvalue weighted by molar-refractivity contribution is -0.243. The predicted molar refractivity (Wildman–Crippen MR) is 87.4 cm³/mol. The van der Waals surface area contributed by atoms with Crippen LogP contribution in [0.5, 0.6) is 0 Å². The first-order chi connectivity index (χ1) is 9.60. The van der Waals surface area contributed by atoms with Crippen LogP contribution in [0.25, 0.3) is 0 Å². The normalized spacial score (nSPS) is 57.2. The molecule has 0 saturated heterocycles. The van der Waals surface area contributed by atoms with Gasteiger partial charge in [0.1, 0.15) is 0 Å². The maximum absolute atomic E-state index is 11.3. The maximum atomic E-state index is 11.3. The summed E-state index contributed by atoms with van der Waals surface area (Å²) < 4.78 is 6.66. The van der Waals surface area contributed by atoms with Crippen LogP contribution in [-0.4, -0.2) is 25.1 Å². The van der Waals surface area contributed by atoms with Crippen LogP contribution in [0.4, 0.5) is 0 Å². The number of hydrogen-bond acceptors (Lipinski definition) is 2. The molecule has 1 N–H and O–H groups in total. The van der Waals surface area contributed by atoms with Gasteiger partial charge in [0.25, 0.3) is 0 Å². The minimum atomic E-state index is -1.54. The van der Waals surface area contributed by atoms with E-state index < -0.39 is 13.9 Å². The van der Waals surface area contributed by atoms with E-state index in [1.807, 2.05) is 0 Å². The summed E-state index contributed by atoms with van der Waals surface area (Å²) in [7, 11) is -1.54. The molecule has 0 amide bonds. The van der Waals surface area contributed by atoms with Crippen LogP contribution in [0.2, 0.25) is 19.6 Å². The summed E-state index contributed by atoms with van der Waals surface area (Å²) >= 11 is 0. The Balaban J connectivity index is 1.75. The van der Waals surface area contributed by atoms with Gasteiger partial charge in [-0.25, -0.2) is 0 Å². The highest BCUT2D eigenvalue weighted by atomic mass is 28.4. The standard InChI is InChI=1S/C18H30O2Si/c1-10(2)11-7-8-17(3)15-13(11)14-12(9-18(14,17)19)16(15)20-21(4,5)6/h11-16,19H,1,7-9H2,2-6H3/t11?,12?,13?,14?,15?,16-,17+,18-/m1/s1. The molecule has 0 aromatic heterocycles. The summed E-state index contributed by atoms with van der Waals surface area (Å²) in [4.78, 5) is 0. The average molecular weight is 307 g/mol. The Labute approximate surface area is 130 Å². The Kier molecular flexibility index (Phi) is 2.65. The van der Waals surface area contributed by atoms with Crippen molar-refractivity contribution >= 4 is 8.32 Å². The Morgan fingerprint density at radius 1 is 1.29 bits per heavy atom. The van der Waals surface area contributed by atoms with E-state index in [4.69, 9.17) is 4.43 Å². The molecule has 4 rings (SSSR count). The molecule has 0 heterocycles. The highest BCUT2D eigenvalue weighted by molar-refractivity contribution is 6.69. The third-order valence-electron chi connectivity index (χ3n) is 7.45. The molecule has 8 atom stereocenters. The lowest BCUT2D eigenvalue weighted by atomic mass is 9.47. The zero-order valence-electron chi connectivity index (χ0n) is 14.1. The summed E-state index contributed by atoms with van der Waals surface area (Å²) in [6, 6.07) is 0. The Morgan fingerprint density at radius 3 is 2.52 bits per heavy atom. The van der Waals surface area contributed by atoms with E-state index in [0.717, 1.165) is 12.8 Å². The minimum absolute atomic E-state index is 0.0906. The number of rotatable bonds is 3. The first-order valence-corrected chi connectivity index (χ1v) is 12.1. The van der Waals surface area contributed by atoms with Crippen LogP contribution in [0, 0.1) is 35.0 Å². The van der Waals surface area contributed by atoms with E-state index in [1.54, 1.807) is 0 Å². The molecule has 5 unspecified atom stereocenters.